The van der Waals surface area contributed by atoms with Gasteiger partial charge in [-0.05, 0) is 74.2 Å². The standard InChI is InChI=1S/C25H27FN6O3.C15H18N2O2/c1-34-21-8-7-19(15-22(21)35-2)31-13-10-25(9-12-27,11-14-31)32-16-20(23(28)33)24(30-32)29-18-5-3-17(26)4-6-18;1-18-14-4-3-13(11-15(14)19-2)17-9-6-12(5-8-16)7-10-17/h3-8,15-16H,9-11,13-14H2,1-2H3,(H2,28,33)(H,29,30);3-5,11H,6-7,9-10H2,1-2H3. The molecule has 6 rings (SSSR count). The molecule has 13 nitrogen and oxygen atoms in total. The fourth-order valence-electron chi connectivity index (χ4n) is 6.71. The van der Waals surface area contributed by atoms with E-state index in [4.69, 9.17) is 29.9 Å². The van der Waals surface area contributed by atoms with E-state index in [-0.39, 0.29) is 23.6 Å². The molecule has 54 heavy (non-hydrogen) atoms. The Balaban J connectivity index is 0.000000249. The zero-order chi connectivity index (χ0) is 38.7. The minimum atomic E-state index is -0.643. The number of hydrogen-bond donors (Lipinski definition) is 2. The Hall–Kier alpha value is -6.41. The molecule has 1 aromatic heterocycles. The summed E-state index contributed by atoms with van der Waals surface area (Å²) in [4.78, 5) is 16.7. The third-order valence-electron chi connectivity index (χ3n) is 9.81. The number of allylic oxidation sites excluding steroid dienone is 1. The second kappa shape index (κ2) is 17.9. The molecule has 0 radical (unpaired) electrons. The molecule has 1 amide bonds. The van der Waals surface area contributed by atoms with E-state index in [1.165, 1.54) is 17.7 Å². The predicted octanol–water partition coefficient (Wildman–Crippen LogP) is 6.55. The van der Waals surface area contributed by atoms with Gasteiger partial charge in [-0.25, -0.2) is 4.39 Å². The van der Waals surface area contributed by atoms with Crippen molar-refractivity contribution in [2.24, 2.45) is 5.73 Å². The first-order valence-corrected chi connectivity index (χ1v) is 17.5. The van der Waals surface area contributed by atoms with Crippen molar-refractivity contribution >= 4 is 28.8 Å². The van der Waals surface area contributed by atoms with Gasteiger partial charge in [0.2, 0.25) is 0 Å². The monoisotopic (exact) mass is 736 g/mol. The number of ether oxygens (including phenoxy) is 4. The van der Waals surface area contributed by atoms with E-state index < -0.39 is 11.4 Å². The number of hydrogen-bond acceptors (Lipinski definition) is 11. The number of anilines is 4. The van der Waals surface area contributed by atoms with Crippen LogP contribution in [0.2, 0.25) is 0 Å². The molecule has 4 aromatic rings. The number of rotatable bonds is 11. The van der Waals surface area contributed by atoms with Gasteiger partial charge in [-0.3, -0.25) is 9.48 Å². The number of benzene rings is 3. The fraction of sp³-hybridized carbons (Fsp3) is 0.350. The summed E-state index contributed by atoms with van der Waals surface area (Å²) in [7, 11) is 6.47. The number of nitrogens with two attached hydrogens (primary N) is 1. The van der Waals surface area contributed by atoms with Gasteiger partial charge in [-0.15, -0.1) is 0 Å². The smallest absolute Gasteiger partial charge is 0.254 e. The summed E-state index contributed by atoms with van der Waals surface area (Å²) in [5.41, 5.74) is 9.14. The van der Waals surface area contributed by atoms with Gasteiger partial charge in [0.1, 0.15) is 11.4 Å². The molecular formula is C40H45FN8O5. The lowest BCUT2D eigenvalue weighted by atomic mass is 9.84. The summed E-state index contributed by atoms with van der Waals surface area (Å²) < 4.78 is 36.3. The molecule has 2 saturated heterocycles. The van der Waals surface area contributed by atoms with Crippen LogP contribution in [0, 0.1) is 28.5 Å². The van der Waals surface area contributed by atoms with Crippen LogP contribution < -0.4 is 39.8 Å². The number of halogens is 1. The number of carbonyl (C=O) groups is 1. The maximum absolute atomic E-state index is 13.3. The van der Waals surface area contributed by atoms with Crippen molar-refractivity contribution in [3.8, 4) is 35.1 Å². The van der Waals surface area contributed by atoms with E-state index >= 15 is 0 Å². The molecule has 3 N–H and O–H groups in total. The van der Waals surface area contributed by atoms with Crippen LogP contribution in [0.5, 0.6) is 23.0 Å². The molecule has 2 fully saturated rings. The lowest BCUT2D eigenvalue weighted by Crippen LogP contribution is -2.46. The molecule has 0 spiro atoms. The van der Waals surface area contributed by atoms with Crippen molar-refractivity contribution in [2.45, 2.75) is 37.6 Å². The molecule has 0 bridgehead atoms. The second-order valence-corrected chi connectivity index (χ2v) is 12.9. The quantitative estimate of drug-likeness (QED) is 0.161. The van der Waals surface area contributed by atoms with Gasteiger partial charge in [0.25, 0.3) is 5.91 Å². The Morgan fingerprint density at radius 2 is 1.39 bits per heavy atom. The molecule has 0 aliphatic carbocycles. The molecule has 3 heterocycles. The summed E-state index contributed by atoms with van der Waals surface area (Å²) in [5, 5.41) is 25.9. The zero-order valence-electron chi connectivity index (χ0n) is 31.0. The highest BCUT2D eigenvalue weighted by Gasteiger charge is 2.38. The lowest BCUT2D eigenvalue weighted by molar-refractivity contribution is 0.100. The molecular weight excluding hydrogens is 691 g/mol. The molecule has 2 aliphatic heterocycles. The van der Waals surface area contributed by atoms with Crippen molar-refractivity contribution in [3.63, 3.8) is 0 Å². The summed E-state index contributed by atoms with van der Waals surface area (Å²) in [5.74, 6) is 2.05. The molecule has 0 saturated carbocycles. The van der Waals surface area contributed by atoms with E-state index in [0.29, 0.717) is 43.1 Å². The van der Waals surface area contributed by atoms with E-state index in [1.54, 1.807) is 57.5 Å². The Kier molecular flexibility index (Phi) is 12.9. The summed E-state index contributed by atoms with van der Waals surface area (Å²) in [6.07, 6.45) is 6.64. The second-order valence-electron chi connectivity index (χ2n) is 12.9. The first-order chi connectivity index (χ1) is 26.2. The topological polar surface area (TPSA) is 164 Å². The Bertz CT molecular complexity index is 2020. The lowest BCUT2D eigenvalue weighted by Gasteiger charge is -2.41. The maximum atomic E-state index is 13.3. The Labute approximate surface area is 314 Å². The molecule has 3 aromatic carbocycles. The molecule has 14 heteroatoms. The predicted molar refractivity (Wildman–Crippen MR) is 204 cm³/mol. The number of aromatic nitrogens is 2. The number of methoxy groups -OCH3 is 4. The van der Waals surface area contributed by atoms with E-state index in [9.17, 15) is 14.4 Å². The summed E-state index contributed by atoms with van der Waals surface area (Å²) in [6, 6.07) is 21.8. The number of carbonyl (C=O) groups excluding carboxylic acids is 1. The molecule has 282 valence electrons. The average Bonchev–Trinajstić information content (AvgIpc) is 3.64. The van der Waals surface area contributed by atoms with Crippen LogP contribution in [0.4, 0.5) is 27.3 Å². The van der Waals surface area contributed by atoms with Gasteiger partial charge < -0.3 is 39.8 Å². The average molecular weight is 737 g/mol. The van der Waals surface area contributed by atoms with Gasteiger partial charge in [0.05, 0.1) is 52.5 Å². The third kappa shape index (κ3) is 8.96. The van der Waals surface area contributed by atoms with Crippen LogP contribution >= 0.6 is 0 Å². The normalized spacial score (nSPS) is 14.8. The maximum Gasteiger partial charge on any atom is 0.254 e. The van der Waals surface area contributed by atoms with Crippen LogP contribution in [0.15, 0.2) is 78.5 Å². The van der Waals surface area contributed by atoms with Crippen LogP contribution in [0.25, 0.3) is 0 Å². The minimum Gasteiger partial charge on any atom is -0.493 e. The summed E-state index contributed by atoms with van der Waals surface area (Å²) >= 11 is 0. The van der Waals surface area contributed by atoms with Gasteiger partial charge in [-0.2, -0.15) is 15.6 Å². The number of primary amides is 1. The van der Waals surface area contributed by atoms with Crippen LogP contribution in [0.1, 0.15) is 42.5 Å². The van der Waals surface area contributed by atoms with E-state index in [2.05, 4.69) is 32.4 Å². The first-order valence-electron chi connectivity index (χ1n) is 17.5. The van der Waals surface area contributed by atoms with Crippen LogP contribution in [0.3, 0.4) is 0 Å². The number of piperidine rings is 2. The van der Waals surface area contributed by atoms with Crippen LogP contribution in [-0.2, 0) is 5.54 Å². The SMILES string of the molecule is COc1ccc(N2CCC(=CC#N)CC2)cc1OC.COc1ccc(N2CCC(CC#N)(n3cc(C(N)=O)c(Nc4ccc(F)cc4)n3)CC2)cc1OC. The molecule has 2 aliphatic rings. The van der Waals surface area contributed by atoms with E-state index in [1.807, 2.05) is 36.4 Å². The van der Waals surface area contributed by atoms with Crippen molar-refractivity contribution < 1.29 is 28.1 Å². The van der Waals surface area contributed by atoms with Crippen molar-refractivity contribution in [1.82, 2.24) is 9.78 Å². The highest BCUT2D eigenvalue weighted by molar-refractivity contribution is 5.98. The Morgan fingerprint density at radius 3 is 1.87 bits per heavy atom. The van der Waals surface area contributed by atoms with Gasteiger partial charge in [0, 0.05) is 67.6 Å². The highest BCUT2D eigenvalue weighted by atomic mass is 19.1. The van der Waals surface area contributed by atoms with E-state index in [0.717, 1.165) is 48.8 Å². The highest BCUT2D eigenvalue weighted by Crippen LogP contribution is 2.39. The number of nitriles is 2. The largest absolute Gasteiger partial charge is 0.493 e. The van der Waals surface area contributed by atoms with Gasteiger partial charge in [-0.1, -0.05) is 5.57 Å². The minimum absolute atomic E-state index is 0.203. The molecule has 0 atom stereocenters. The number of nitrogens with one attached hydrogen (secondary N) is 1. The summed E-state index contributed by atoms with van der Waals surface area (Å²) in [6.45, 7) is 3.21. The first kappa shape index (κ1) is 38.8. The van der Waals surface area contributed by atoms with Crippen molar-refractivity contribution in [1.29, 1.82) is 10.5 Å². The van der Waals surface area contributed by atoms with Gasteiger partial charge >= 0.3 is 0 Å². The zero-order valence-corrected chi connectivity index (χ0v) is 31.0. The Morgan fingerprint density at radius 1 is 0.852 bits per heavy atom. The molecule has 0 unspecified atom stereocenters. The van der Waals surface area contributed by atoms with Crippen molar-refractivity contribution in [2.75, 3.05) is 69.7 Å². The number of nitrogens with zero attached hydrogens (tertiary/aromatic N) is 6. The fourth-order valence-corrected chi connectivity index (χ4v) is 6.71. The number of amides is 1. The van der Waals surface area contributed by atoms with Crippen molar-refractivity contribution in [3.05, 3.63) is 89.9 Å². The van der Waals surface area contributed by atoms with Gasteiger partial charge in [0.15, 0.2) is 28.8 Å². The van der Waals surface area contributed by atoms with Crippen LogP contribution in [-0.4, -0.2) is 70.3 Å². The third-order valence-corrected chi connectivity index (χ3v) is 9.81.